The number of benzene rings is 1. The molecule has 9 heteroatoms. The lowest BCUT2D eigenvalue weighted by Crippen LogP contribution is -2.31. The fourth-order valence-electron chi connectivity index (χ4n) is 3.09. The second-order valence-electron chi connectivity index (χ2n) is 6.22. The largest absolute Gasteiger partial charge is 0.381 e. The van der Waals surface area contributed by atoms with Gasteiger partial charge >= 0.3 is 0 Å². The van der Waals surface area contributed by atoms with Crippen LogP contribution in [-0.2, 0) is 4.74 Å². The molecule has 0 atom stereocenters. The Morgan fingerprint density at radius 3 is 2.70 bits per heavy atom. The van der Waals surface area contributed by atoms with Crippen LogP contribution in [0.1, 0.15) is 12.8 Å². The molecule has 1 aromatic carbocycles. The zero-order chi connectivity index (χ0) is 18.1. The summed E-state index contributed by atoms with van der Waals surface area (Å²) in [5, 5.41) is 4.44. The number of pyridine rings is 1. The number of hydrogen-bond donors (Lipinski definition) is 2. The minimum atomic E-state index is -0.360. The molecule has 0 aliphatic carbocycles. The van der Waals surface area contributed by atoms with Crippen molar-refractivity contribution in [1.29, 1.82) is 0 Å². The van der Waals surface area contributed by atoms with E-state index in [1.165, 1.54) is 0 Å². The normalized spacial score (nSPS) is 14.7. The quantitative estimate of drug-likeness (QED) is 0.648. The van der Waals surface area contributed by atoms with E-state index in [9.17, 15) is 4.79 Å². The van der Waals surface area contributed by atoms with Crippen LogP contribution in [0.25, 0.3) is 22.2 Å². The molecule has 27 heavy (non-hydrogen) atoms. The number of nitrogen functional groups attached to an aromatic ring is 1. The van der Waals surface area contributed by atoms with Gasteiger partial charge in [0.05, 0.1) is 5.56 Å². The average molecular weight is 408 g/mol. The fraction of sp³-hybridized carbons (Fsp3) is 0.278. The number of nitrogens with zero attached hydrogens (tertiary/aromatic N) is 3. The Morgan fingerprint density at radius 2 is 1.96 bits per heavy atom. The first-order valence-electron chi connectivity index (χ1n) is 8.40. The number of aromatic nitrogens is 3. The van der Waals surface area contributed by atoms with Crippen LogP contribution >= 0.6 is 24.0 Å². The van der Waals surface area contributed by atoms with Crippen molar-refractivity contribution < 1.29 is 4.74 Å². The topological polar surface area (TPSA) is 95.1 Å². The molecule has 0 spiro atoms. The Balaban J connectivity index is 0.00000210. The predicted octanol–water partition coefficient (Wildman–Crippen LogP) is 2.84. The van der Waals surface area contributed by atoms with Crippen LogP contribution in [0.3, 0.4) is 0 Å². The van der Waals surface area contributed by atoms with Crippen LogP contribution < -0.4 is 16.7 Å². The first kappa shape index (κ1) is 19.4. The number of ether oxygens (including phenoxy) is 1. The van der Waals surface area contributed by atoms with Crippen LogP contribution in [-0.4, -0.2) is 33.9 Å². The summed E-state index contributed by atoms with van der Waals surface area (Å²) >= 11 is 6.23. The molecule has 3 aromatic rings. The summed E-state index contributed by atoms with van der Waals surface area (Å²) in [6.07, 6.45) is 3.44. The number of nitrogens with one attached hydrogen (secondary N) is 1. The average Bonchev–Trinajstić information content (AvgIpc) is 2.66. The van der Waals surface area contributed by atoms with E-state index in [1.54, 1.807) is 24.4 Å². The molecule has 142 valence electrons. The molecule has 7 nitrogen and oxygen atoms in total. The van der Waals surface area contributed by atoms with Gasteiger partial charge in [-0.25, -0.2) is 9.66 Å². The second kappa shape index (κ2) is 8.12. The van der Waals surface area contributed by atoms with Gasteiger partial charge in [0.25, 0.3) is 5.56 Å². The Kier molecular flexibility index (Phi) is 5.84. The van der Waals surface area contributed by atoms with Gasteiger partial charge in [0.1, 0.15) is 0 Å². The summed E-state index contributed by atoms with van der Waals surface area (Å²) in [6.45, 7) is 1.43. The lowest BCUT2D eigenvalue weighted by Gasteiger charge is -2.23. The summed E-state index contributed by atoms with van der Waals surface area (Å²) in [5.74, 6) is 6.48. The molecule has 0 saturated carbocycles. The van der Waals surface area contributed by atoms with Gasteiger partial charge in [-0.3, -0.25) is 4.79 Å². The molecular weight excluding hydrogens is 389 g/mol. The van der Waals surface area contributed by atoms with Crippen LogP contribution in [0.15, 0.2) is 41.3 Å². The van der Waals surface area contributed by atoms with Crippen molar-refractivity contribution >= 4 is 41.0 Å². The summed E-state index contributed by atoms with van der Waals surface area (Å²) < 4.78 is 6.40. The fourth-order valence-corrected chi connectivity index (χ4v) is 3.32. The Morgan fingerprint density at radius 1 is 1.22 bits per heavy atom. The van der Waals surface area contributed by atoms with Crippen molar-refractivity contribution in [3.63, 3.8) is 0 Å². The molecule has 0 bridgehead atoms. The monoisotopic (exact) mass is 407 g/mol. The van der Waals surface area contributed by atoms with Crippen molar-refractivity contribution in [1.82, 2.24) is 14.6 Å². The van der Waals surface area contributed by atoms with E-state index in [0.717, 1.165) is 17.5 Å². The SMILES string of the molecule is Cl.Nn1c(=O)c(-c2ccccc2Cl)cc2cnc(NC3CCOCC3)nc21. The van der Waals surface area contributed by atoms with E-state index in [4.69, 9.17) is 22.2 Å². The van der Waals surface area contributed by atoms with Gasteiger partial charge in [-0.15, -0.1) is 12.4 Å². The maximum absolute atomic E-state index is 12.7. The first-order chi connectivity index (χ1) is 12.6. The van der Waals surface area contributed by atoms with Crippen LogP contribution in [0.5, 0.6) is 0 Å². The third kappa shape index (κ3) is 3.85. The van der Waals surface area contributed by atoms with Crippen molar-refractivity contribution in [3.8, 4) is 11.1 Å². The molecule has 2 aromatic heterocycles. The van der Waals surface area contributed by atoms with Crippen molar-refractivity contribution in [2.75, 3.05) is 24.4 Å². The highest BCUT2D eigenvalue weighted by molar-refractivity contribution is 6.33. The number of rotatable bonds is 3. The summed E-state index contributed by atoms with van der Waals surface area (Å²) in [4.78, 5) is 21.5. The van der Waals surface area contributed by atoms with E-state index in [2.05, 4.69) is 15.3 Å². The molecule has 4 rings (SSSR count). The minimum absolute atomic E-state index is 0. The molecule has 3 heterocycles. The number of fused-ring (bicyclic) bond motifs is 1. The van der Waals surface area contributed by atoms with E-state index in [0.29, 0.717) is 46.3 Å². The maximum atomic E-state index is 12.7. The second-order valence-corrected chi connectivity index (χ2v) is 6.62. The van der Waals surface area contributed by atoms with Crippen molar-refractivity contribution in [3.05, 3.63) is 51.9 Å². The summed E-state index contributed by atoms with van der Waals surface area (Å²) in [5.41, 5.74) is 1.06. The summed E-state index contributed by atoms with van der Waals surface area (Å²) in [6, 6.07) is 9.13. The van der Waals surface area contributed by atoms with Crippen molar-refractivity contribution in [2.45, 2.75) is 18.9 Å². The molecule has 0 unspecified atom stereocenters. The molecular formula is C18H19Cl2N5O2. The lowest BCUT2D eigenvalue weighted by atomic mass is 10.1. The first-order valence-corrected chi connectivity index (χ1v) is 8.78. The standard InChI is InChI=1S/C18H18ClN5O2.ClH/c19-15-4-2-1-3-13(15)14-9-11-10-21-18(22-12-5-7-26-8-6-12)23-16(11)24(20)17(14)25;/h1-4,9-10,12H,5-8,20H2,(H,21,22,23);1H. The van der Waals surface area contributed by atoms with Crippen molar-refractivity contribution in [2.24, 2.45) is 0 Å². The lowest BCUT2D eigenvalue weighted by molar-refractivity contribution is 0.0903. The Labute approximate surface area is 166 Å². The molecule has 1 fully saturated rings. The minimum Gasteiger partial charge on any atom is -0.381 e. The van der Waals surface area contributed by atoms with Gasteiger partial charge in [-0.05, 0) is 25.0 Å². The zero-order valence-electron chi connectivity index (χ0n) is 14.4. The zero-order valence-corrected chi connectivity index (χ0v) is 16.0. The summed E-state index contributed by atoms with van der Waals surface area (Å²) in [7, 11) is 0. The number of nitrogens with two attached hydrogens (primary N) is 1. The number of anilines is 1. The highest BCUT2D eigenvalue weighted by Gasteiger charge is 2.17. The molecule has 1 saturated heterocycles. The molecule has 3 N–H and O–H groups in total. The predicted molar refractivity (Wildman–Crippen MR) is 109 cm³/mol. The third-order valence-corrected chi connectivity index (χ3v) is 4.82. The Bertz CT molecular complexity index is 1020. The van der Waals surface area contributed by atoms with Crippen LogP contribution in [0, 0.1) is 0 Å². The number of halogens is 2. The van der Waals surface area contributed by atoms with E-state index < -0.39 is 0 Å². The Hall–Kier alpha value is -2.35. The highest BCUT2D eigenvalue weighted by Crippen LogP contribution is 2.26. The molecule has 0 radical (unpaired) electrons. The van der Waals surface area contributed by atoms with Gasteiger partial charge in [-0.2, -0.15) is 4.98 Å². The van der Waals surface area contributed by atoms with Gasteiger partial charge < -0.3 is 15.9 Å². The number of hydrogen-bond acceptors (Lipinski definition) is 6. The third-order valence-electron chi connectivity index (χ3n) is 4.49. The van der Waals surface area contributed by atoms with Gasteiger partial charge in [-0.1, -0.05) is 29.8 Å². The van der Waals surface area contributed by atoms with Gasteiger partial charge in [0, 0.05) is 41.4 Å². The maximum Gasteiger partial charge on any atom is 0.278 e. The highest BCUT2D eigenvalue weighted by atomic mass is 35.5. The van der Waals surface area contributed by atoms with E-state index in [-0.39, 0.29) is 24.0 Å². The van der Waals surface area contributed by atoms with Crippen LogP contribution in [0.2, 0.25) is 5.02 Å². The van der Waals surface area contributed by atoms with Gasteiger partial charge in [0.15, 0.2) is 5.65 Å². The smallest absolute Gasteiger partial charge is 0.278 e. The van der Waals surface area contributed by atoms with Gasteiger partial charge in [0.2, 0.25) is 5.95 Å². The molecule has 0 amide bonds. The van der Waals surface area contributed by atoms with E-state index >= 15 is 0 Å². The van der Waals surface area contributed by atoms with Crippen LogP contribution in [0.4, 0.5) is 5.95 Å². The van der Waals surface area contributed by atoms with E-state index in [1.807, 2.05) is 12.1 Å². The molecule has 1 aliphatic rings. The molecule has 1 aliphatic heterocycles.